The van der Waals surface area contributed by atoms with Gasteiger partial charge in [0.05, 0.1) is 12.7 Å². The van der Waals surface area contributed by atoms with Crippen LogP contribution in [0.1, 0.15) is 44.7 Å². The van der Waals surface area contributed by atoms with Crippen LogP contribution in [0.25, 0.3) is 0 Å². The van der Waals surface area contributed by atoms with Gasteiger partial charge in [0, 0.05) is 44.8 Å². The fourth-order valence-corrected chi connectivity index (χ4v) is 4.20. The zero-order valence-electron chi connectivity index (χ0n) is 19.8. The van der Waals surface area contributed by atoms with Gasteiger partial charge in [-0.25, -0.2) is 4.98 Å². The van der Waals surface area contributed by atoms with E-state index in [0.29, 0.717) is 6.54 Å². The monoisotopic (exact) mass is 551 g/mol. The molecule has 2 aromatic rings. The van der Waals surface area contributed by atoms with E-state index in [2.05, 4.69) is 88.7 Å². The maximum atomic E-state index is 5.62. The standard InChI is InChI=1S/C25H37N5O.HI/c1-5-25(6-2,22-10-8-7-9-11-22)19-29-24(26-4)28-17-21-12-13-23(27-16-21)30-14-15-31-20(3)18-30;/h7-13,16,20H,5-6,14-15,17-19H2,1-4H3,(H2,26,28,29);1H. The average Bonchev–Trinajstić information content (AvgIpc) is 2.83. The summed E-state index contributed by atoms with van der Waals surface area (Å²) in [6, 6.07) is 15.0. The Kier molecular flexibility index (Phi) is 10.7. The van der Waals surface area contributed by atoms with E-state index in [4.69, 9.17) is 4.74 Å². The number of halogens is 1. The normalized spacial score (nSPS) is 16.9. The second-order valence-corrected chi connectivity index (χ2v) is 8.28. The lowest BCUT2D eigenvalue weighted by Gasteiger charge is -2.33. The molecule has 1 atom stereocenters. The molecule has 176 valence electrons. The minimum Gasteiger partial charge on any atom is -0.375 e. The molecule has 0 radical (unpaired) electrons. The second kappa shape index (κ2) is 13.0. The summed E-state index contributed by atoms with van der Waals surface area (Å²) in [6.45, 7) is 10.7. The summed E-state index contributed by atoms with van der Waals surface area (Å²) < 4.78 is 5.62. The zero-order chi connectivity index (χ0) is 22.1. The Morgan fingerprint density at radius 3 is 2.50 bits per heavy atom. The third-order valence-electron chi connectivity index (χ3n) is 6.39. The first-order valence-electron chi connectivity index (χ1n) is 11.4. The van der Waals surface area contributed by atoms with Gasteiger partial charge in [0.15, 0.2) is 5.96 Å². The van der Waals surface area contributed by atoms with Crippen molar-refractivity contribution in [3.8, 4) is 0 Å². The molecule has 0 spiro atoms. The summed E-state index contributed by atoms with van der Waals surface area (Å²) in [4.78, 5) is 11.4. The summed E-state index contributed by atoms with van der Waals surface area (Å²) in [5.74, 6) is 1.83. The van der Waals surface area contributed by atoms with E-state index in [0.717, 1.165) is 56.4 Å². The molecule has 1 aliphatic heterocycles. The number of guanidine groups is 1. The van der Waals surface area contributed by atoms with Crippen LogP contribution in [0, 0.1) is 0 Å². The van der Waals surface area contributed by atoms with Gasteiger partial charge in [0.1, 0.15) is 5.82 Å². The number of aliphatic imine (C=N–C) groups is 1. The molecule has 6 nitrogen and oxygen atoms in total. The largest absolute Gasteiger partial charge is 0.375 e. The zero-order valence-corrected chi connectivity index (χ0v) is 22.1. The predicted molar refractivity (Wildman–Crippen MR) is 144 cm³/mol. The number of ether oxygens (including phenoxy) is 1. The highest BCUT2D eigenvalue weighted by atomic mass is 127. The first-order valence-corrected chi connectivity index (χ1v) is 11.4. The van der Waals surface area contributed by atoms with Crippen LogP contribution in [0.2, 0.25) is 0 Å². The number of hydrogen-bond acceptors (Lipinski definition) is 4. The average molecular weight is 552 g/mol. The SMILES string of the molecule is CCC(CC)(CNC(=NC)NCc1ccc(N2CCOC(C)C2)nc1)c1ccccc1.I. The summed E-state index contributed by atoms with van der Waals surface area (Å²) in [5.41, 5.74) is 2.60. The van der Waals surface area contributed by atoms with E-state index in [-0.39, 0.29) is 35.5 Å². The summed E-state index contributed by atoms with van der Waals surface area (Å²) in [7, 11) is 1.82. The molecule has 2 N–H and O–H groups in total. The molecule has 1 aromatic carbocycles. The minimum atomic E-state index is 0. The third kappa shape index (κ3) is 6.81. The number of anilines is 1. The fourth-order valence-electron chi connectivity index (χ4n) is 4.20. The smallest absolute Gasteiger partial charge is 0.191 e. The maximum Gasteiger partial charge on any atom is 0.191 e. The Hall–Kier alpha value is -1.87. The van der Waals surface area contributed by atoms with Gasteiger partial charge in [-0.05, 0) is 37.0 Å². The van der Waals surface area contributed by atoms with Crippen molar-refractivity contribution in [2.75, 3.05) is 38.2 Å². The van der Waals surface area contributed by atoms with Crippen LogP contribution in [0.15, 0.2) is 53.7 Å². The number of benzene rings is 1. The summed E-state index contributed by atoms with van der Waals surface area (Å²) in [5, 5.41) is 6.97. The van der Waals surface area contributed by atoms with Crippen LogP contribution < -0.4 is 15.5 Å². The Labute approximate surface area is 210 Å². The van der Waals surface area contributed by atoms with Crippen molar-refractivity contribution in [3.63, 3.8) is 0 Å². The molecule has 1 saturated heterocycles. The van der Waals surface area contributed by atoms with Crippen LogP contribution in [0.3, 0.4) is 0 Å². The Morgan fingerprint density at radius 2 is 1.91 bits per heavy atom. The van der Waals surface area contributed by atoms with Gasteiger partial charge < -0.3 is 20.3 Å². The molecule has 0 saturated carbocycles. The van der Waals surface area contributed by atoms with E-state index >= 15 is 0 Å². The van der Waals surface area contributed by atoms with Gasteiger partial charge in [0.2, 0.25) is 0 Å². The summed E-state index contributed by atoms with van der Waals surface area (Å²) >= 11 is 0. The van der Waals surface area contributed by atoms with Gasteiger partial charge in [0.25, 0.3) is 0 Å². The molecule has 2 heterocycles. The lowest BCUT2D eigenvalue weighted by molar-refractivity contribution is 0.0529. The minimum absolute atomic E-state index is 0. The Morgan fingerprint density at radius 1 is 1.16 bits per heavy atom. The van der Waals surface area contributed by atoms with Crippen LogP contribution in [-0.4, -0.2) is 50.3 Å². The Balaban J connectivity index is 0.00000363. The number of hydrogen-bond donors (Lipinski definition) is 2. The van der Waals surface area contributed by atoms with Gasteiger partial charge in [-0.15, -0.1) is 24.0 Å². The fraction of sp³-hybridized carbons (Fsp3) is 0.520. The highest BCUT2D eigenvalue weighted by Gasteiger charge is 2.28. The summed E-state index contributed by atoms with van der Waals surface area (Å²) in [6.07, 6.45) is 4.34. The molecule has 0 amide bonds. The lowest BCUT2D eigenvalue weighted by Crippen LogP contribution is -2.45. The van der Waals surface area contributed by atoms with E-state index < -0.39 is 0 Å². The van der Waals surface area contributed by atoms with Crippen molar-refractivity contribution in [1.29, 1.82) is 0 Å². The van der Waals surface area contributed by atoms with Crippen molar-refractivity contribution in [2.45, 2.75) is 51.7 Å². The lowest BCUT2D eigenvalue weighted by atomic mass is 9.76. The molecular weight excluding hydrogens is 513 g/mol. The number of nitrogens with zero attached hydrogens (tertiary/aromatic N) is 3. The maximum absolute atomic E-state index is 5.62. The topological polar surface area (TPSA) is 61.8 Å². The molecule has 32 heavy (non-hydrogen) atoms. The van der Waals surface area contributed by atoms with Gasteiger partial charge in [-0.2, -0.15) is 0 Å². The van der Waals surface area contributed by atoms with Crippen LogP contribution in [0.4, 0.5) is 5.82 Å². The van der Waals surface area contributed by atoms with Crippen LogP contribution in [-0.2, 0) is 16.7 Å². The molecule has 1 aliphatic rings. The highest BCUT2D eigenvalue weighted by Crippen LogP contribution is 2.30. The van der Waals surface area contributed by atoms with Crippen molar-refractivity contribution in [1.82, 2.24) is 15.6 Å². The number of morpholine rings is 1. The van der Waals surface area contributed by atoms with E-state index in [1.165, 1.54) is 5.56 Å². The highest BCUT2D eigenvalue weighted by molar-refractivity contribution is 14.0. The van der Waals surface area contributed by atoms with Gasteiger partial charge in [-0.3, -0.25) is 4.99 Å². The molecule has 1 fully saturated rings. The van der Waals surface area contributed by atoms with E-state index in [9.17, 15) is 0 Å². The van der Waals surface area contributed by atoms with Gasteiger partial charge in [-0.1, -0.05) is 50.2 Å². The third-order valence-corrected chi connectivity index (χ3v) is 6.39. The van der Waals surface area contributed by atoms with Crippen molar-refractivity contribution < 1.29 is 4.74 Å². The predicted octanol–water partition coefficient (Wildman–Crippen LogP) is 4.35. The molecule has 3 rings (SSSR count). The van der Waals surface area contributed by atoms with Crippen molar-refractivity contribution >= 4 is 35.8 Å². The second-order valence-electron chi connectivity index (χ2n) is 8.28. The molecule has 1 unspecified atom stereocenters. The first kappa shape index (κ1) is 26.4. The number of pyridine rings is 1. The van der Waals surface area contributed by atoms with Crippen molar-refractivity contribution in [3.05, 3.63) is 59.8 Å². The van der Waals surface area contributed by atoms with Crippen LogP contribution in [0.5, 0.6) is 0 Å². The molecule has 0 aliphatic carbocycles. The van der Waals surface area contributed by atoms with Crippen molar-refractivity contribution in [2.24, 2.45) is 4.99 Å². The number of nitrogens with one attached hydrogen (secondary N) is 2. The first-order chi connectivity index (χ1) is 15.1. The number of aromatic nitrogens is 1. The van der Waals surface area contributed by atoms with Gasteiger partial charge >= 0.3 is 0 Å². The van der Waals surface area contributed by atoms with E-state index in [1.54, 1.807) is 0 Å². The molecular formula is C25H38IN5O. The molecule has 0 bridgehead atoms. The Bertz CT molecular complexity index is 824. The number of rotatable bonds is 8. The van der Waals surface area contributed by atoms with E-state index in [1.807, 2.05) is 13.2 Å². The molecule has 1 aromatic heterocycles. The molecule has 7 heteroatoms. The van der Waals surface area contributed by atoms with Crippen LogP contribution >= 0.6 is 24.0 Å². The quantitative estimate of drug-likeness (QED) is 0.290.